The highest BCUT2D eigenvalue weighted by Gasteiger charge is 2.64. The first kappa shape index (κ1) is 30.7. The summed E-state index contributed by atoms with van der Waals surface area (Å²) in [7, 11) is 3.07. The fourth-order valence-corrected chi connectivity index (χ4v) is 5.79. The van der Waals surface area contributed by atoms with Crippen LogP contribution in [0.15, 0.2) is 16.9 Å². The molecular weight excluding hydrogens is 551 g/mol. The van der Waals surface area contributed by atoms with E-state index < -0.39 is 63.8 Å². The third kappa shape index (κ3) is 4.32. The van der Waals surface area contributed by atoms with Crippen LogP contribution in [0.5, 0.6) is 5.75 Å². The number of nitrogens with two attached hydrogens (primary N) is 1. The molecule has 0 radical (unpaired) electrons. The molecule has 0 aliphatic heterocycles. The van der Waals surface area contributed by atoms with E-state index in [0.29, 0.717) is 5.56 Å². The van der Waals surface area contributed by atoms with Crippen LogP contribution >= 0.6 is 36.4 Å². The van der Waals surface area contributed by atoms with Gasteiger partial charge in [-0.25, -0.2) is 4.98 Å². The standard InChI is InChI=1S/C23H27ClN4O7.2ClH/c1-7(2)26-22-17(31)12-9(20(24)27-22)5-8-6-10-14(28(3)4)16(30)13(21(25)34)19(33)23(10,35)18(32)11(8)15(12)29;;/h7-8,10,14,29,31,33,35H,5-6H2,1-4H3,(H2,25,34)(H,26,27);2*1H/t8-,10-,14-,23-;;/m0../s1. The van der Waals surface area contributed by atoms with Crippen LogP contribution in [-0.2, 0) is 20.8 Å². The molecule has 14 heteroatoms. The fraction of sp³-hybridized carbons (Fsp3) is 0.478. The molecular formula is C23H29Cl3N4O7. The van der Waals surface area contributed by atoms with Crippen LogP contribution in [0.3, 0.4) is 0 Å². The van der Waals surface area contributed by atoms with Crippen LogP contribution in [0.1, 0.15) is 31.4 Å². The highest BCUT2D eigenvalue weighted by Crippen LogP contribution is 2.53. The number of anilines is 1. The molecule has 4 rings (SSSR count). The van der Waals surface area contributed by atoms with Crippen molar-refractivity contribution in [1.82, 2.24) is 9.88 Å². The van der Waals surface area contributed by atoms with Crippen LogP contribution in [0.2, 0.25) is 5.15 Å². The van der Waals surface area contributed by atoms with Gasteiger partial charge in [0.25, 0.3) is 5.91 Å². The summed E-state index contributed by atoms with van der Waals surface area (Å²) in [4.78, 5) is 44.4. The van der Waals surface area contributed by atoms with Gasteiger partial charge < -0.3 is 31.5 Å². The van der Waals surface area contributed by atoms with Crippen molar-refractivity contribution in [3.63, 3.8) is 0 Å². The number of aliphatic hydroxyl groups excluding tert-OH is 2. The number of amides is 1. The normalized spacial score (nSPS) is 26.8. The van der Waals surface area contributed by atoms with E-state index in [1.165, 1.54) is 19.0 Å². The number of aromatic nitrogens is 1. The van der Waals surface area contributed by atoms with Gasteiger partial charge in [0.2, 0.25) is 5.78 Å². The third-order valence-corrected chi connectivity index (χ3v) is 7.27. The Hall–Kier alpha value is -2.57. The quantitative estimate of drug-likeness (QED) is 0.226. The predicted molar refractivity (Wildman–Crippen MR) is 140 cm³/mol. The maximum atomic E-state index is 13.8. The molecule has 1 amide bonds. The summed E-state index contributed by atoms with van der Waals surface area (Å²) in [5, 5.41) is 47.4. The number of fused-ring (bicyclic) bond motifs is 3. The molecule has 0 aromatic carbocycles. The van der Waals surface area contributed by atoms with Gasteiger partial charge >= 0.3 is 0 Å². The van der Waals surface area contributed by atoms with Gasteiger partial charge in [0, 0.05) is 23.1 Å². The number of aliphatic hydroxyl groups is 3. The monoisotopic (exact) mass is 578 g/mol. The Morgan fingerprint density at radius 1 is 1.22 bits per heavy atom. The van der Waals surface area contributed by atoms with Crippen molar-refractivity contribution in [3.8, 4) is 5.75 Å². The molecule has 3 aliphatic rings. The molecule has 0 bridgehead atoms. The first-order valence-corrected chi connectivity index (χ1v) is 11.4. The number of ketones is 2. The molecule has 11 nitrogen and oxygen atoms in total. The lowest BCUT2D eigenvalue weighted by atomic mass is 9.57. The number of hydrogen-bond acceptors (Lipinski definition) is 10. The molecule has 1 fully saturated rings. The predicted octanol–water partition coefficient (Wildman–Crippen LogP) is 1.68. The second-order valence-corrected chi connectivity index (χ2v) is 10.1. The Morgan fingerprint density at radius 2 is 1.81 bits per heavy atom. The molecule has 37 heavy (non-hydrogen) atoms. The maximum absolute atomic E-state index is 13.8. The Kier molecular flexibility index (Phi) is 8.53. The third-order valence-electron chi connectivity index (χ3n) is 6.96. The molecule has 1 aromatic heterocycles. The molecule has 4 atom stereocenters. The zero-order valence-corrected chi connectivity index (χ0v) is 22.8. The van der Waals surface area contributed by atoms with Crippen molar-refractivity contribution in [3.05, 3.63) is 33.2 Å². The zero-order chi connectivity index (χ0) is 26.1. The van der Waals surface area contributed by atoms with Crippen LogP contribution in [0, 0.1) is 11.8 Å². The number of nitrogens with one attached hydrogen (secondary N) is 1. The molecule has 3 aliphatic carbocycles. The summed E-state index contributed by atoms with van der Waals surface area (Å²) in [6.07, 6.45) is 0.0603. The lowest BCUT2D eigenvalue weighted by Gasteiger charge is -2.50. The summed E-state index contributed by atoms with van der Waals surface area (Å²) < 4.78 is 0. The van der Waals surface area contributed by atoms with Gasteiger partial charge in [0.15, 0.2) is 23.0 Å². The van der Waals surface area contributed by atoms with Crippen molar-refractivity contribution in [1.29, 1.82) is 0 Å². The number of pyridine rings is 1. The minimum atomic E-state index is -2.68. The fourth-order valence-electron chi connectivity index (χ4n) is 5.53. The lowest BCUT2D eigenvalue weighted by molar-refractivity contribution is -0.153. The summed E-state index contributed by atoms with van der Waals surface area (Å²) in [6.45, 7) is 3.61. The van der Waals surface area contributed by atoms with E-state index in [9.17, 15) is 34.8 Å². The number of halogens is 3. The SMILES string of the molecule is CC(C)Nc1nc(Cl)c2c(c1O)C(O)=C1C(=O)[C@]3(O)C(O)=C(C(N)=O)C(=O)[C@@H](N(C)C)[C@@H]3C[C@@H]1C2.Cl.Cl. The minimum absolute atomic E-state index is 0. The minimum Gasteiger partial charge on any atom is -0.508 e. The van der Waals surface area contributed by atoms with Gasteiger partial charge in [0.05, 0.1) is 11.6 Å². The van der Waals surface area contributed by atoms with E-state index in [1.54, 1.807) is 13.8 Å². The van der Waals surface area contributed by atoms with Crippen LogP contribution < -0.4 is 11.1 Å². The molecule has 0 saturated heterocycles. The number of primary amides is 1. The molecule has 1 heterocycles. The van der Waals surface area contributed by atoms with E-state index in [1.807, 2.05) is 0 Å². The zero-order valence-electron chi connectivity index (χ0n) is 20.4. The van der Waals surface area contributed by atoms with Gasteiger partial charge in [0.1, 0.15) is 22.2 Å². The number of rotatable bonds is 4. The Bertz CT molecular complexity index is 1250. The van der Waals surface area contributed by atoms with E-state index in [0.717, 1.165) is 0 Å². The second-order valence-electron chi connectivity index (χ2n) is 9.71. The average Bonchev–Trinajstić information content (AvgIpc) is 2.73. The first-order valence-electron chi connectivity index (χ1n) is 11.1. The average molecular weight is 580 g/mol. The van der Waals surface area contributed by atoms with Gasteiger partial charge in [-0.2, -0.15) is 0 Å². The Labute approximate surface area is 230 Å². The second kappa shape index (κ2) is 10.3. The number of nitrogens with zero attached hydrogens (tertiary/aromatic N) is 2. The largest absolute Gasteiger partial charge is 0.508 e. The van der Waals surface area contributed by atoms with Crippen molar-refractivity contribution < 1.29 is 34.8 Å². The van der Waals surface area contributed by atoms with Crippen LogP contribution in [0.4, 0.5) is 5.82 Å². The highest BCUT2D eigenvalue weighted by atomic mass is 35.5. The van der Waals surface area contributed by atoms with Crippen LogP contribution in [0.25, 0.3) is 5.76 Å². The van der Waals surface area contributed by atoms with Crippen LogP contribution in [-0.4, -0.2) is 79.6 Å². The lowest BCUT2D eigenvalue weighted by Crippen LogP contribution is -2.65. The summed E-state index contributed by atoms with van der Waals surface area (Å²) in [5.41, 5.74) is 1.73. The van der Waals surface area contributed by atoms with Crippen molar-refractivity contribution in [2.75, 3.05) is 19.4 Å². The highest BCUT2D eigenvalue weighted by molar-refractivity contribution is 6.31. The first-order chi connectivity index (χ1) is 16.2. The Balaban J connectivity index is 0.00000241. The number of carbonyl (C=O) groups excluding carboxylic acids is 3. The van der Waals surface area contributed by atoms with Crippen molar-refractivity contribution >= 4 is 65.5 Å². The molecule has 0 spiro atoms. The molecule has 204 valence electrons. The van der Waals surface area contributed by atoms with E-state index in [4.69, 9.17) is 17.3 Å². The van der Waals surface area contributed by atoms with E-state index in [-0.39, 0.29) is 65.8 Å². The molecule has 1 aromatic rings. The smallest absolute Gasteiger partial charge is 0.255 e. The molecule has 1 saturated carbocycles. The molecule has 0 unspecified atom stereocenters. The number of hydrogen-bond donors (Lipinski definition) is 6. The van der Waals surface area contributed by atoms with Gasteiger partial charge in [-0.1, -0.05) is 11.6 Å². The van der Waals surface area contributed by atoms with Gasteiger partial charge in [-0.05, 0) is 46.7 Å². The number of carbonyl (C=O) groups is 3. The summed E-state index contributed by atoms with van der Waals surface area (Å²) in [6, 6.07) is -1.28. The maximum Gasteiger partial charge on any atom is 0.255 e. The topological polar surface area (TPSA) is 186 Å². The van der Waals surface area contributed by atoms with Crippen molar-refractivity contribution in [2.45, 2.75) is 44.4 Å². The van der Waals surface area contributed by atoms with E-state index in [2.05, 4.69) is 10.3 Å². The summed E-state index contributed by atoms with van der Waals surface area (Å²) >= 11 is 6.39. The van der Waals surface area contributed by atoms with Gasteiger partial charge in [-0.3, -0.25) is 19.3 Å². The van der Waals surface area contributed by atoms with Gasteiger partial charge in [-0.15, -0.1) is 24.8 Å². The van der Waals surface area contributed by atoms with Crippen molar-refractivity contribution in [2.24, 2.45) is 17.6 Å². The Morgan fingerprint density at radius 3 is 2.32 bits per heavy atom. The van der Waals surface area contributed by atoms with E-state index >= 15 is 0 Å². The molecule has 7 N–H and O–H groups in total. The number of aromatic hydroxyl groups is 1. The number of Topliss-reactive ketones (excluding diaryl/α,β-unsaturated/α-hetero) is 2. The number of likely N-dealkylation sites (N-methyl/N-ethyl adjacent to an activating group) is 1. The summed E-state index contributed by atoms with van der Waals surface area (Å²) in [5.74, 6) is -7.20.